The molecule has 0 bridgehead atoms. The normalized spacial score (nSPS) is 10.4. The minimum Gasteiger partial charge on any atom is -0.348 e. The summed E-state index contributed by atoms with van der Waals surface area (Å²) in [6, 6.07) is 13.2. The minimum atomic E-state index is -0.288. The molecule has 1 heterocycles. The molecule has 0 radical (unpaired) electrons. The van der Waals surface area contributed by atoms with Crippen LogP contribution in [-0.2, 0) is 6.54 Å². The average Bonchev–Trinajstić information content (AvgIpc) is 3.09. The van der Waals surface area contributed by atoms with Gasteiger partial charge in [-0.3, -0.25) is 4.79 Å². The third-order valence-corrected chi connectivity index (χ3v) is 3.29. The van der Waals surface area contributed by atoms with Gasteiger partial charge in [-0.15, -0.1) is 0 Å². The van der Waals surface area contributed by atoms with Gasteiger partial charge in [-0.25, -0.2) is 9.37 Å². The molecule has 1 aromatic heterocycles. The van der Waals surface area contributed by atoms with Gasteiger partial charge in [-0.1, -0.05) is 24.3 Å². The van der Waals surface area contributed by atoms with Crippen molar-refractivity contribution in [1.82, 2.24) is 15.3 Å². The first kappa shape index (κ1) is 14.0. The zero-order valence-corrected chi connectivity index (χ0v) is 11.7. The van der Waals surface area contributed by atoms with Crippen LogP contribution in [0.2, 0.25) is 0 Å². The van der Waals surface area contributed by atoms with Crippen LogP contribution in [0.15, 0.2) is 60.9 Å². The fraction of sp³-hybridized carbons (Fsp3) is 0.0588. The molecule has 3 rings (SSSR count). The zero-order valence-electron chi connectivity index (χ0n) is 11.7. The number of nitrogens with zero attached hydrogens (tertiary/aromatic N) is 1. The summed E-state index contributed by atoms with van der Waals surface area (Å²) in [5, 5.41) is 2.80. The summed E-state index contributed by atoms with van der Waals surface area (Å²) in [7, 11) is 0. The average molecular weight is 295 g/mol. The van der Waals surface area contributed by atoms with Crippen LogP contribution in [0.1, 0.15) is 15.9 Å². The standard InChI is InChI=1S/C17H14FN3O/c18-15-7-1-12(2-8-15)11-21-17(22)14-5-3-13(4-6-14)16-19-9-10-20-16/h1-10H,11H2,(H,19,20)(H,21,22). The predicted octanol–water partition coefficient (Wildman–Crippen LogP) is 3.15. The first-order valence-electron chi connectivity index (χ1n) is 6.85. The van der Waals surface area contributed by atoms with Gasteiger partial charge < -0.3 is 10.3 Å². The van der Waals surface area contributed by atoms with Crippen molar-refractivity contribution >= 4 is 5.91 Å². The number of benzene rings is 2. The van der Waals surface area contributed by atoms with Crippen LogP contribution < -0.4 is 5.32 Å². The van der Waals surface area contributed by atoms with Gasteiger partial charge in [-0.05, 0) is 29.8 Å². The summed E-state index contributed by atoms with van der Waals surface area (Å²) in [4.78, 5) is 19.2. The number of imidazole rings is 1. The van der Waals surface area contributed by atoms with Crippen molar-refractivity contribution in [1.29, 1.82) is 0 Å². The maximum atomic E-state index is 12.8. The molecular formula is C17H14FN3O. The summed E-state index contributed by atoms with van der Waals surface area (Å²) in [6.07, 6.45) is 3.43. The van der Waals surface area contributed by atoms with Crippen molar-refractivity contribution < 1.29 is 9.18 Å². The highest BCUT2D eigenvalue weighted by Crippen LogP contribution is 2.15. The van der Waals surface area contributed by atoms with Gasteiger partial charge in [0.25, 0.3) is 5.91 Å². The Bertz CT molecular complexity index is 750. The maximum absolute atomic E-state index is 12.8. The lowest BCUT2D eigenvalue weighted by molar-refractivity contribution is 0.0951. The quantitative estimate of drug-likeness (QED) is 0.777. The molecule has 0 atom stereocenters. The summed E-state index contributed by atoms with van der Waals surface area (Å²) in [5.41, 5.74) is 2.33. The van der Waals surface area contributed by atoms with E-state index in [2.05, 4.69) is 15.3 Å². The number of halogens is 1. The van der Waals surface area contributed by atoms with Gasteiger partial charge >= 0.3 is 0 Å². The van der Waals surface area contributed by atoms with Gasteiger partial charge in [0.1, 0.15) is 11.6 Å². The van der Waals surface area contributed by atoms with Crippen LogP contribution in [-0.4, -0.2) is 15.9 Å². The molecule has 0 aliphatic carbocycles. The van der Waals surface area contributed by atoms with Crippen molar-refractivity contribution in [2.75, 3.05) is 0 Å². The summed E-state index contributed by atoms with van der Waals surface area (Å²) >= 11 is 0. The van der Waals surface area contributed by atoms with E-state index < -0.39 is 0 Å². The number of aromatic amines is 1. The summed E-state index contributed by atoms with van der Waals surface area (Å²) in [5.74, 6) is 0.303. The zero-order chi connectivity index (χ0) is 15.4. The highest BCUT2D eigenvalue weighted by atomic mass is 19.1. The number of rotatable bonds is 4. The second-order valence-corrected chi connectivity index (χ2v) is 4.82. The molecule has 5 heteroatoms. The Hall–Kier alpha value is -2.95. The van der Waals surface area contributed by atoms with E-state index in [1.54, 1.807) is 36.7 Å². The molecule has 4 nitrogen and oxygen atoms in total. The van der Waals surface area contributed by atoms with Gasteiger partial charge in [0.2, 0.25) is 0 Å². The molecule has 0 aliphatic heterocycles. The Morgan fingerprint density at radius 3 is 2.45 bits per heavy atom. The smallest absolute Gasteiger partial charge is 0.251 e. The van der Waals surface area contributed by atoms with E-state index in [4.69, 9.17) is 0 Å². The van der Waals surface area contributed by atoms with E-state index in [-0.39, 0.29) is 11.7 Å². The molecule has 3 aromatic rings. The topological polar surface area (TPSA) is 57.8 Å². The molecular weight excluding hydrogens is 281 g/mol. The van der Waals surface area contributed by atoms with Gasteiger partial charge in [0, 0.05) is 30.1 Å². The molecule has 0 saturated heterocycles. The largest absolute Gasteiger partial charge is 0.348 e. The molecule has 0 spiro atoms. The molecule has 0 unspecified atom stereocenters. The fourth-order valence-corrected chi connectivity index (χ4v) is 2.09. The van der Waals surface area contributed by atoms with Crippen LogP contribution in [0.4, 0.5) is 4.39 Å². The van der Waals surface area contributed by atoms with Crippen molar-refractivity contribution in [3.63, 3.8) is 0 Å². The van der Waals surface area contributed by atoms with Crippen molar-refractivity contribution in [2.24, 2.45) is 0 Å². The molecule has 0 aliphatic rings. The Morgan fingerprint density at radius 2 is 1.82 bits per heavy atom. The Labute approximate surface area is 127 Å². The highest BCUT2D eigenvalue weighted by Gasteiger charge is 2.06. The Balaban J connectivity index is 1.63. The third-order valence-electron chi connectivity index (χ3n) is 3.29. The number of nitrogens with one attached hydrogen (secondary N) is 2. The van der Waals surface area contributed by atoms with E-state index in [1.807, 2.05) is 12.1 Å². The number of carbonyl (C=O) groups is 1. The lowest BCUT2D eigenvalue weighted by atomic mass is 10.1. The van der Waals surface area contributed by atoms with Gasteiger partial charge in [-0.2, -0.15) is 0 Å². The number of amides is 1. The maximum Gasteiger partial charge on any atom is 0.251 e. The summed E-state index contributed by atoms with van der Waals surface area (Å²) < 4.78 is 12.8. The third kappa shape index (κ3) is 3.20. The van der Waals surface area contributed by atoms with E-state index >= 15 is 0 Å². The Kier molecular flexibility index (Phi) is 3.96. The number of hydrogen-bond donors (Lipinski definition) is 2. The predicted molar refractivity (Wildman–Crippen MR) is 81.6 cm³/mol. The highest BCUT2D eigenvalue weighted by molar-refractivity contribution is 5.94. The van der Waals surface area contributed by atoms with Gasteiger partial charge in [0.15, 0.2) is 0 Å². The number of carbonyl (C=O) groups excluding carboxylic acids is 1. The van der Waals surface area contributed by atoms with Gasteiger partial charge in [0.05, 0.1) is 0 Å². The first-order chi connectivity index (χ1) is 10.7. The van der Waals surface area contributed by atoms with Crippen LogP contribution in [0, 0.1) is 5.82 Å². The van der Waals surface area contributed by atoms with Crippen molar-refractivity contribution in [3.8, 4) is 11.4 Å². The van der Waals surface area contributed by atoms with Crippen molar-refractivity contribution in [3.05, 3.63) is 77.9 Å². The SMILES string of the molecule is O=C(NCc1ccc(F)cc1)c1ccc(-c2ncc[nH]2)cc1. The van der Waals surface area contributed by atoms with E-state index in [1.165, 1.54) is 12.1 Å². The molecule has 2 aromatic carbocycles. The lowest BCUT2D eigenvalue weighted by Gasteiger charge is -2.06. The molecule has 0 saturated carbocycles. The number of hydrogen-bond acceptors (Lipinski definition) is 2. The number of aromatic nitrogens is 2. The number of H-pyrrole nitrogens is 1. The van der Waals surface area contributed by atoms with Crippen LogP contribution >= 0.6 is 0 Å². The van der Waals surface area contributed by atoms with E-state index in [9.17, 15) is 9.18 Å². The second kappa shape index (κ2) is 6.22. The monoisotopic (exact) mass is 295 g/mol. The molecule has 2 N–H and O–H groups in total. The minimum absolute atomic E-state index is 0.171. The summed E-state index contributed by atoms with van der Waals surface area (Å²) in [6.45, 7) is 0.360. The fourth-order valence-electron chi connectivity index (χ4n) is 2.09. The van der Waals surface area contributed by atoms with Crippen LogP contribution in [0.5, 0.6) is 0 Å². The van der Waals surface area contributed by atoms with Crippen LogP contribution in [0.3, 0.4) is 0 Å². The molecule has 22 heavy (non-hydrogen) atoms. The molecule has 0 fully saturated rings. The second-order valence-electron chi connectivity index (χ2n) is 4.82. The first-order valence-corrected chi connectivity index (χ1v) is 6.85. The molecule has 1 amide bonds. The van der Waals surface area contributed by atoms with E-state index in [0.717, 1.165) is 17.0 Å². The van der Waals surface area contributed by atoms with Crippen molar-refractivity contribution in [2.45, 2.75) is 6.54 Å². The lowest BCUT2D eigenvalue weighted by Crippen LogP contribution is -2.22. The van der Waals surface area contributed by atoms with Crippen LogP contribution in [0.25, 0.3) is 11.4 Å². The Morgan fingerprint density at radius 1 is 1.09 bits per heavy atom. The molecule has 110 valence electrons. The van der Waals surface area contributed by atoms with E-state index in [0.29, 0.717) is 12.1 Å².